The van der Waals surface area contributed by atoms with Gasteiger partial charge in [0.05, 0.1) is 0 Å². The third-order valence-corrected chi connectivity index (χ3v) is 4.96. The molecule has 0 N–H and O–H groups in total. The van der Waals surface area contributed by atoms with Gasteiger partial charge in [-0.15, -0.1) is 0 Å². The fraction of sp³-hybridized carbons (Fsp3) is 0.120. The molecule has 28 heavy (non-hydrogen) atoms. The largest absolute Gasteiger partial charge is 0.405 e. The summed E-state index contributed by atoms with van der Waals surface area (Å²) in [6.07, 6.45) is 2.77. The zero-order valence-electron chi connectivity index (χ0n) is 15.5. The molecule has 0 fully saturated rings. The van der Waals surface area contributed by atoms with Gasteiger partial charge < -0.3 is 4.74 Å². The predicted octanol–water partition coefficient (Wildman–Crippen LogP) is 4.86. The number of ether oxygens (including phenoxy) is 1. The van der Waals surface area contributed by atoms with Gasteiger partial charge in [0.1, 0.15) is 0 Å². The Kier molecular flexibility index (Phi) is 4.90. The maximum absolute atomic E-state index is 13.1. The molecule has 4 rings (SSSR count). The average molecular weight is 367 g/mol. The molecule has 0 saturated carbocycles. The van der Waals surface area contributed by atoms with E-state index in [0.29, 0.717) is 18.7 Å². The van der Waals surface area contributed by atoms with E-state index in [1.807, 2.05) is 84.9 Å². The van der Waals surface area contributed by atoms with Crippen LogP contribution in [0.4, 0.5) is 0 Å². The summed E-state index contributed by atoms with van der Waals surface area (Å²) in [4.78, 5) is 17.9. The zero-order chi connectivity index (χ0) is 19.4. The van der Waals surface area contributed by atoms with E-state index in [9.17, 15) is 4.79 Å². The standard InChI is InChI=1S/C25H21NO2/c1-2-19-13-15-22(16-14-19)23-26-25(24(27)28-23,17-20-9-5-3-6-10-20)18-21-11-7-4-8-12-21/h2-16H,1,17-18H2. The van der Waals surface area contributed by atoms with Crippen molar-refractivity contribution in [1.82, 2.24) is 0 Å². The normalized spacial score (nSPS) is 15.0. The summed E-state index contributed by atoms with van der Waals surface area (Å²) in [7, 11) is 0. The van der Waals surface area contributed by atoms with E-state index in [0.717, 1.165) is 22.3 Å². The summed E-state index contributed by atoms with van der Waals surface area (Å²) in [6, 6.07) is 27.6. The maximum atomic E-state index is 13.1. The number of nitrogens with zero attached hydrogens (tertiary/aromatic N) is 1. The highest BCUT2D eigenvalue weighted by Crippen LogP contribution is 2.31. The summed E-state index contributed by atoms with van der Waals surface area (Å²) < 4.78 is 5.67. The first-order valence-electron chi connectivity index (χ1n) is 9.31. The van der Waals surface area contributed by atoms with Crippen molar-refractivity contribution in [3.63, 3.8) is 0 Å². The van der Waals surface area contributed by atoms with Gasteiger partial charge in [-0.3, -0.25) is 0 Å². The summed E-state index contributed by atoms with van der Waals surface area (Å²) in [5.41, 5.74) is 2.95. The number of hydrogen-bond donors (Lipinski definition) is 0. The number of aliphatic imine (C=N–C) groups is 1. The Morgan fingerprint density at radius 1 is 0.821 bits per heavy atom. The molecular formula is C25H21NO2. The summed E-state index contributed by atoms with van der Waals surface area (Å²) in [5.74, 6) is 0.0791. The molecule has 3 heteroatoms. The molecular weight excluding hydrogens is 346 g/mol. The lowest BCUT2D eigenvalue weighted by Crippen LogP contribution is -2.38. The Morgan fingerprint density at radius 2 is 1.36 bits per heavy atom. The van der Waals surface area contributed by atoms with E-state index < -0.39 is 5.54 Å². The summed E-state index contributed by atoms with van der Waals surface area (Å²) in [5, 5.41) is 0. The number of benzene rings is 3. The maximum Gasteiger partial charge on any atom is 0.341 e. The monoisotopic (exact) mass is 367 g/mol. The number of carbonyl (C=O) groups is 1. The number of cyclic esters (lactones) is 1. The number of esters is 1. The molecule has 1 aliphatic heterocycles. The van der Waals surface area contributed by atoms with Crippen LogP contribution in [0.25, 0.3) is 6.08 Å². The van der Waals surface area contributed by atoms with Crippen molar-refractivity contribution in [2.45, 2.75) is 18.4 Å². The fourth-order valence-corrected chi connectivity index (χ4v) is 3.48. The van der Waals surface area contributed by atoms with E-state index in [1.165, 1.54) is 0 Å². The van der Waals surface area contributed by atoms with Crippen LogP contribution in [0.5, 0.6) is 0 Å². The summed E-state index contributed by atoms with van der Waals surface area (Å²) >= 11 is 0. The van der Waals surface area contributed by atoms with Gasteiger partial charge in [0.15, 0.2) is 5.54 Å². The van der Waals surface area contributed by atoms with Gasteiger partial charge in [-0.05, 0) is 28.8 Å². The molecule has 3 nitrogen and oxygen atoms in total. The second-order valence-electron chi connectivity index (χ2n) is 6.99. The van der Waals surface area contributed by atoms with Crippen molar-refractivity contribution in [2.24, 2.45) is 4.99 Å². The van der Waals surface area contributed by atoms with Gasteiger partial charge in [0.2, 0.25) is 5.90 Å². The number of rotatable bonds is 6. The second kappa shape index (κ2) is 7.65. The van der Waals surface area contributed by atoms with Crippen LogP contribution in [0.3, 0.4) is 0 Å². The Morgan fingerprint density at radius 3 is 1.86 bits per heavy atom. The second-order valence-corrected chi connectivity index (χ2v) is 6.99. The molecule has 3 aromatic rings. The minimum Gasteiger partial charge on any atom is -0.405 e. The first-order chi connectivity index (χ1) is 13.7. The first-order valence-corrected chi connectivity index (χ1v) is 9.31. The van der Waals surface area contributed by atoms with Crippen molar-refractivity contribution < 1.29 is 9.53 Å². The van der Waals surface area contributed by atoms with E-state index >= 15 is 0 Å². The molecule has 0 amide bonds. The first kappa shape index (κ1) is 17.9. The molecule has 3 aromatic carbocycles. The van der Waals surface area contributed by atoms with Crippen LogP contribution >= 0.6 is 0 Å². The van der Waals surface area contributed by atoms with Crippen molar-refractivity contribution in [3.05, 3.63) is 114 Å². The quantitative estimate of drug-likeness (QED) is 0.584. The number of carbonyl (C=O) groups excluding carboxylic acids is 1. The topological polar surface area (TPSA) is 38.7 Å². The molecule has 1 heterocycles. The Balaban J connectivity index is 1.73. The van der Waals surface area contributed by atoms with Crippen molar-refractivity contribution in [1.29, 1.82) is 0 Å². The molecule has 0 atom stereocenters. The summed E-state index contributed by atoms with van der Waals surface area (Å²) in [6.45, 7) is 3.77. The molecule has 0 aromatic heterocycles. The van der Waals surface area contributed by atoms with Crippen LogP contribution in [0.1, 0.15) is 22.3 Å². The molecule has 0 spiro atoms. The predicted molar refractivity (Wildman–Crippen MR) is 112 cm³/mol. The fourth-order valence-electron chi connectivity index (χ4n) is 3.48. The molecule has 0 radical (unpaired) electrons. The van der Waals surface area contributed by atoms with Gasteiger partial charge in [-0.1, -0.05) is 85.5 Å². The molecule has 0 unspecified atom stereocenters. The zero-order valence-corrected chi connectivity index (χ0v) is 15.5. The molecule has 138 valence electrons. The number of hydrogen-bond acceptors (Lipinski definition) is 3. The van der Waals surface area contributed by atoms with Crippen LogP contribution in [0.15, 0.2) is 96.5 Å². The van der Waals surface area contributed by atoms with Crippen LogP contribution in [-0.2, 0) is 22.4 Å². The van der Waals surface area contributed by atoms with E-state index in [4.69, 9.17) is 9.73 Å². The smallest absolute Gasteiger partial charge is 0.341 e. The lowest BCUT2D eigenvalue weighted by molar-refractivity contribution is -0.139. The highest BCUT2D eigenvalue weighted by molar-refractivity contribution is 6.08. The van der Waals surface area contributed by atoms with Crippen LogP contribution in [0, 0.1) is 0 Å². The highest BCUT2D eigenvalue weighted by atomic mass is 16.6. The van der Waals surface area contributed by atoms with Crippen LogP contribution in [0.2, 0.25) is 0 Å². The van der Waals surface area contributed by atoms with Gasteiger partial charge >= 0.3 is 5.97 Å². The van der Waals surface area contributed by atoms with Gasteiger partial charge in [0, 0.05) is 18.4 Å². The average Bonchev–Trinajstić information content (AvgIpc) is 3.05. The van der Waals surface area contributed by atoms with Gasteiger partial charge in [-0.2, -0.15) is 0 Å². The van der Waals surface area contributed by atoms with Gasteiger partial charge in [-0.25, -0.2) is 9.79 Å². The minimum atomic E-state index is -0.963. The molecule has 0 bridgehead atoms. The van der Waals surface area contributed by atoms with E-state index in [2.05, 4.69) is 6.58 Å². The molecule has 0 saturated heterocycles. The lowest BCUT2D eigenvalue weighted by Gasteiger charge is -2.22. The SMILES string of the molecule is C=Cc1ccc(C2=NC(Cc3ccccc3)(Cc3ccccc3)C(=O)O2)cc1. The third-order valence-electron chi connectivity index (χ3n) is 4.96. The van der Waals surface area contributed by atoms with E-state index in [1.54, 1.807) is 6.08 Å². The Labute approximate surface area is 165 Å². The highest BCUT2D eigenvalue weighted by Gasteiger charge is 2.46. The van der Waals surface area contributed by atoms with Crippen molar-refractivity contribution >= 4 is 17.9 Å². The van der Waals surface area contributed by atoms with Gasteiger partial charge in [0.25, 0.3) is 0 Å². The van der Waals surface area contributed by atoms with Crippen LogP contribution < -0.4 is 0 Å². The minimum absolute atomic E-state index is 0.303. The van der Waals surface area contributed by atoms with E-state index in [-0.39, 0.29) is 5.97 Å². The van der Waals surface area contributed by atoms with Crippen LogP contribution in [-0.4, -0.2) is 17.4 Å². The molecule has 0 aliphatic carbocycles. The lowest BCUT2D eigenvalue weighted by atomic mass is 9.85. The Bertz CT molecular complexity index is 964. The van der Waals surface area contributed by atoms with Crippen molar-refractivity contribution in [2.75, 3.05) is 0 Å². The third kappa shape index (κ3) is 3.65. The molecule has 1 aliphatic rings. The van der Waals surface area contributed by atoms with Crippen molar-refractivity contribution in [3.8, 4) is 0 Å². The Hall–Kier alpha value is -3.46.